The Morgan fingerprint density at radius 3 is 1.23 bits per heavy atom. The molecule has 0 saturated heterocycles. The lowest BCUT2D eigenvalue weighted by atomic mass is 9.94. The molecule has 8 heterocycles. The highest BCUT2D eigenvalue weighted by molar-refractivity contribution is 7.27. The summed E-state index contributed by atoms with van der Waals surface area (Å²) in [5.74, 6) is -16.1. The maximum Gasteiger partial charge on any atom is 0.380 e. The van der Waals surface area contributed by atoms with Crippen molar-refractivity contribution in [1.82, 2.24) is 0 Å². The summed E-state index contributed by atoms with van der Waals surface area (Å²) in [6.07, 6.45) is 0. The standard InChI is InChI=1S/C39H22F6S8/c1-19-7-9-27(50-19)35-23(15-31(52-35)29-13-21(17-48-29)25-5-3-11-46-25)33-34(38(42,43)39(44,45)37(33,40)41)24-16-32(53-36(24)28-10-8-20(2)51-28)30-14-22(18-49-30)26-6-4-12-47-26/h3-18H,1-2H3. The van der Waals surface area contributed by atoms with Crippen LogP contribution in [0.4, 0.5) is 26.3 Å². The minimum Gasteiger partial charge on any atom is -0.194 e. The van der Waals surface area contributed by atoms with E-state index < -0.39 is 28.9 Å². The summed E-state index contributed by atoms with van der Waals surface area (Å²) in [6, 6.07) is 21.6. The third kappa shape index (κ3) is 5.74. The Balaban J connectivity index is 1.31. The Kier molecular flexibility index (Phi) is 8.74. The Morgan fingerprint density at radius 2 is 0.868 bits per heavy atom. The van der Waals surface area contributed by atoms with E-state index >= 15 is 26.3 Å². The van der Waals surface area contributed by atoms with Gasteiger partial charge in [-0.15, -0.1) is 90.7 Å². The molecule has 0 bridgehead atoms. The summed E-state index contributed by atoms with van der Waals surface area (Å²) < 4.78 is 98.1. The first-order valence-corrected chi connectivity index (χ1v) is 22.7. The zero-order valence-electron chi connectivity index (χ0n) is 27.3. The second kappa shape index (κ2) is 13.0. The van der Waals surface area contributed by atoms with Gasteiger partial charge >= 0.3 is 17.8 Å². The van der Waals surface area contributed by atoms with Crippen molar-refractivity contribution in [2.75, 3.05) is 0 Å². The predicted molar refractivity (Wildman–Crippen MR) is 220 cm³/mol. The topological polar surface area (TPSA) is 0 Å². The number of hydrogen-bond donors (Lipinski definition) is 0. The van der Waals surface area contributed by atoms with E-state index in [1.807, 2.05) is 83.9 Å². The van der Waals surface area contributed by atoms with E-state index in [2.05, 4.69) is 0 Å². The lowest BCUT2D eigenvalue weighted by Gasteiger charge is -2.25. The fraction of sp³-hybridized carbons (Fsp3) is 0.128. The highest BCUT2D eigenvalue weighted by Crippen LogP contribution is 2.67. The molecule has 53 heavy (non-hydrogen) atoms. The third-order valence-corrected chi connectivity index (χ3v) is 17.6. The Labute approximate surface area is 332 Å². The molecule has 0 atom stereocenters. The van der Waals surface area contributed by atoms with Crippen LogP contribution in [-0.4, -0.2) is 17.8 Å². The molecule has 0 N–H and O–H groups in total. The average Bonchev–Trinajstić information content (AvgIpc) is 3.96. The van der Waals surface area contributed by atoms with Gasteiger partial charge in [0.25, 0.3) is 0 Å². The summed E-state index contributed by atoms with van der Waals surface area (Å²) in [6.45, 7) is 3.70. The van der Waals surface area contributed by atoms with Crippen LogP contribution in [0.2, 0.25) is 0 Å². The van der Waals surface area contributed by atoms with E-state index in [9.17, 15) is 0 Å². The van der Waals surface area contributed by atoms with Crippen LogP contribution in [0.15, 0.2) is 94.3 Å². The summed E-state index contributed by atoms with van der Waals surface area (Å²) in [5.41, 5.74) is -1.38. The van der Waals surface area contributed by atoms with Crippen molar-refractivity contribution in [3.63, 3.8) is 0 Å². The van der Waals surface area contributed by atoms with Crippen molar-refractivity contribution >= 4 is 102 Å². The molecule has 1 aliphatic carbocycles. The van der Waals surface area contributed by atoms with Gasteiger partial charge in [0, 0.05) is 92.9 Å². The summed E-state index contributed by atoms with van der Waals surface area (Å²) in [5, 5.41) is 7.80. The molecule has 14 heteroatoms. The molecular formula is C39H22F6S8. The SMILES string of the molecule is Cc1ccc(-c2sc(-c3cc(-c4cccs4)cs3)cc2C2=C(c3cc(-c4cc(-c5cccs5)cs4)sc3-c3ccc(C)s3)C(F)(F)C(F)(F)C2(F)F)s1. The van der Waals surface area contributed by atoms with Gasteiger partial charge in [-0.1, -0.05) is 12.1 Å². The molecule has 0 aliphatic heterocycles. The van der Waals surface area contributed by atoms with Crippen LogP contribution in [0.1, 0.15) is 20.9 Å². The Bertz CT molecular complexity index is 2450. The first kappa shape index (κ1) is 35.6. The minimum absolute atomic E-state index is 0.257. The van der Waals surface area contributed by atoms with Crippen LogP contribution >= 0.6 is 90.7 Å². The molecule has 0 fully saturated rings. The van der Waals surface area contributed by atoms with E-state index in [0.717, 1.165) is 63.1 Å². The third-order valence-electron chi connectivity index (χ3n) is 8.89. The van der Waals surface area contributed by atoms with Crippen molar-refractivity contribution in [2.24, 2.45) is 0 Å². The zero-order valence-corrected chi connectivity index (χ0v) is 33.8. The number of thiophene rings is 8. The molecule has 0 nitrogen and oxygen atoms in total. The van der Waals surface area contributed by atoms with Crippen LogP contribution in [0, 0.1) is 13.8 Å². The van der Waals surface area contributed by atoms with Crippen molar-refractivity contribution in [3.8, 4) is 59.9 Å². The van der Waals surface area contributed by atoms with Gasteiger partial charge in [-0.05, 0) is 85.3 Å². The zero-order chi connectivity index (χ0) is 36.9. The molecule has 9 rings (SSSR count). The normalized spacial score (nSPS) is 16.3. The first-order chi connectivity index (χ1) is 25.3. The molecule has 0 saturated carbocycles. The van der Waals surface area contributed by atoms with E-state index in [1.54, 1.807) is 34.8 Å². The quantitative estimate of drug-likeness (QED) is 0.134. The fourth-order valence-electron chi connectivity index (χ4n) is 6.38. The maximum atomic E-state index is 16.6. The van der Waals surface area contributed by atoms with Gasteiger partial charge in [-0.3, -0.25) is 0 Å². The predicted octanol–water partition coefficient (Wildman–Crippen LogP) is 16.6. The van der Waals surface area contributed by atoms with Gasteiger partial charge in [0.15, 0.2) is 0 Å². The van der Waals surface area contributed by atoms with E-state index in [1.165, 1.54) is 57.5 Å². The van der Waals surface area contributed by atoms with Crippen LogP contribution in [-0.2, 0) is 0 Å². The number of hydrogen-bond acceptors (Lipinski definition) is 8. The molecule has 268 valence electrons. The van der Waals surface area contributed by atoms with Gasteiger partial charge in [-0.2, -0.15) is 26.3 Å². The van der Waals surface area contributed by atoms with Crippen molar-refractivity contribution in [3.05, 3.63) is 115 Å². The molecule has 0 unspecified atom stereocenters. The smallest absolute Gasteiger partial charge is 0.194 e. The van der Waals surface area contributed by atoms with E-state index in [0.29, 0.717) is 19.5 Å². The largest absolute Gasteiger partial charge is 0.380 e. The van der Waals surface area contributed by atoms with Crippen molar-refractivity contribution in [2.45, 2.75) is 31.6 Å². The molecule has 1 aliphatic rings. The molecule has 0 amide bonds. The highest BCUT2D eigenvalue weighted by Gasteiger charge is 2.80. The van der Waals surface area contributed by atoms with Crippen LogP contribution in [0.3, 0.4) is 0 Å². The summed E-state index contributed by atoms with van der Waals surface area (Å²) in [4.78, 5) is 7.91. The molecule has 8 aromatic rings. The van der Waals surface area contributed by atoms with Gasteiger partial charge in [0.05, 0.1) is 9.75 Å². The number of alkyl halides is 6. The molecule has 0 radical (unpaired) electrons. The average molecular weight is 861 g/mol. The molecule has 0 spiro atoms. The maximum absolute atomic E-state index is 16.6. The second-order valence-electron chi connectivity index (χ2n) is 12.4. The van der Waals surface area contributed by atoms with Crippen LogP contribution in [0.5, 0.6) is 0 Å². The van der Waals surface area contributed by atoms with E-state index in [4.69, 9.17) is 0 Å². The Morgan fingerprint density at radius 1 is 0.434 bits per heavy atom. The fourth-order valence-corrected chi connectivity index (χ4v) is 14.3. The van der Waals surface area contributed by atoms with E-state index in [-0.39, 0.29) is 20.9 Å². The number of rotatable bonds is 8. The number of allylic oxidation sites excluding steroid dienone is 2. The lowest BCUT2D eigenvalue weighted by molar-refractivity contribution is -0.254. The number of aryl methyl sites for hydroxylation is 2. The van der Waals surface area contributed by atoms with Gasteiger partial charge in [-0.25, -0.2) is 0 Å². The van der Waals surface area contributed by atoms with Crippen molar-refractivity contribution < 1.29 is 26.3 Å². The summed E-state index contributed by atoms with van der Waals surface area (Å²) >= 11 is 10.8. The second-order valence-corrected chi connectivity index (χ2v) is 20.8. The lowest BCUT2D eigenvalue weighted by Crippen LogP contribution is -2.48. The van der Waals surface area contributed by atoms with Gasteiger partial charge in [0.2, 0.25) is 0 Å². The minimum atomic E-state index is -5.69. The van der Waals surface area contributed by atoms with Gasteiger partial charge < -0.3 is 0 Å². The highest BCUT2D eigenvalue weighted by atomic mass is 32.1. The molecular weight excluding hydrogens is 839 g/mol. The van der Waals surface area contributed by atoms with Gasteiger partial charge in [0.1, 0.15) is 0 Å². The first-order valence-electron chi connectivity index (χ1n) is 15.9. The van der Waals surface area contributed by atoms with Crippen LogP contribution in [0.25, 0.3) is 71.0 Å². The monoisotopic (exact) mass is 860 g/mol. The van der Waals surface area contributed by atoms with Crippen LogP contribution < -0.4 is 0 Å². The summed E-state index contributed by atoms with van der Waals surface area (Å²) in [7, 11) is 0. The number of halogens is 6. The molecule has 8 aromatic heterocycles. The molecule has 0 aromatic carbocycles. The Hall–Kier alpha value is -3.08. The van der Waals surface area contributed by atoms with Crippen molar-refractivity contribution in [1.29, 1.82) is 0 Å².